The lowest BCUT2D eigenvalue weighted by atomic mass is 10.1. The van der Waals surface area contributed by atoms with Crippen LogP contribution in [0.2, 0.25) is 0 Å². The van der Waals surface area contributed by atoms with Crippen molar-refractivity contribution in [3.63, 3.8) is 0 Å². The Morgan fingerprint density at radius 1 is 1.12 bits per heavy atom. The molecule has 1 aliphatic rings. The largest absolute Gasteiger partial charge is 0.396 e. The molecular weight excluding hydrogens is 198 g/mol. The molecular formula is C14H29NO. The summed E-state index contributed by atoms with van der Waals surface area (Å²) in [6, 6.07) is 0.845. The highest BCUT2D eigenvalue weighted by Crippen LogP contribution is 2.24. The minimum atomic E-state index is 0.350. The third-order valence-corrected chi connectivity index (χ3v) is 3.69. The summed E-state index contributed by atoms with van der Waals surface area (Å²) >= 11 is 0. The van der Waals surface area contributed by atoms with Gasteiger partial charge in [-0.05, 0) is 51.1 Å². The average Bonchev–Trinajstić information content (AvgIpc) is 2.76. The quantitative estimate of drug-likeness (QED) is 0.644. The third-order valence-electron chi connectivity index (χ3n) is 3.69. The number of unbranched alkanes of at least 4 members (excludes halogenated alkanes) is 1. The van der Waals surface area contributed by atoms with Gasteiger partial charge >= 0.3 is 0 Å². The van der Waals surface area contributed by atoms with Crippen molar-refractivity contribution in [3.05, 3.63) is 0 Å². The van der Waals surface area contributed by atoms with Gasteiger partial charge in [-0.25, -0.2) is 0 Å². The normalized spacial score (nSPS) is 17.8. The zero-order valence-corrected chi connectivity index (χ0v) is 11.1. The number of hydrogen-bond acceptors (Lipinski definition) is 2. The zero-order valence-electron chi connectivity index (χ0n) is 11.1. The molecule has 0 aliphatic heterocycles. The van der Waals surface area contributed by atoms with Crippen LogP contribution in [0.25, 0.3) is 0 Å². The van der Waals surface area contributed by atoms with Gasteiger partial charge in [0.15, 0.2) is 0 Å². The van der Waals surface area contributed by atoms with Crippen LogP contribution >= 0.6 is 0 Å². The summed E-state index contributed by atoms with van der Waals surface area (Å²) in [5.41, 5.74) is 0. The smallest absolute Gasteiger partial charge is 0.0431 e. The van der Waals surface area contributed by atoms with E-state index in [-0.39, 0.29) is 0 Å². The molecule has 1 aliphatic carbocycles. The van der Waals surface area contributed by atoms with E-state index in [1.54, 1.807) is 0 Å². The Bertz CT molecular complexity index is 164. The lowest BCUT2D eigenvalue weighted by molar-refractivity contribution is 0.177. The van der Waals surface area contributed by atoms with Gasteiger partial charge in [-0.2, -0.15) is 0 Å². The fourth-order valence-electron chi connectivity index (χ4n) is 2.60. The van der Waals surface area contributed by atoms with Crippen molar-refractivity contribution in [3.8, 4) is 0 Å². The molecule has 0 aromatic heterocycles. The van der Waals surface area contributed by atoms with Crippen molar-refractivity contribution in [2.24, 2.45) is 5.92 Å². The van der Waals surface area contributed by atoms with Crippen LogP contribution in [0.1, 0.15) is 58.8 Å². The van der Waals surface area contributed by atoms with Crippen molar-refractivity contribution in [2.75, 3.05) is 19.7 Å². The lowest BCUT2D eigenvalue weighted by Gasteiger charge is -2.29. The molecule has 0 spiro atoms. The summed E-state index contributed by atoms with van der Waals surface area (Å²) in [7, 11) is 0. The van der Waals surface area contributed by atoms with Crippen LogP contribution in [0, 0.1) is 5.92 Å². The molecule has 2 nitrogen and oxygen atoms in total. The number of aliphatic hydroxyl groups is 1. The highest BCUT2D eigenvalue weighted by atomic mass is 16.2. The Morgan fingerprint density at radius 3 is 2.38 bits per heavy atom. The maximum Gasteiger partial charge on any atom is 0.0431 e. The van der Waals surface area contributed by atoms with Crippen LogP contribution < -0.4 is 0 Å². The fraction of sp³-hybridized carbons (Fsp3) is 1.00. The summed E-state index contributed by atoms with van der Waals surface area (Å²) in [5.74, 6) is 0.807. The van der Waals surface area contributed by atoms with E-state index in [0.717, 1.165) is 24.8 Å². The maximum atomic E-state index is 8.84. The first-order valence-corrected chi connectivity index (χ1v) is 7.09. The molecule has 1 saturated carbocycles. The van der Waals surface area contributed by atoms with Gasteiger partial charge in [0.2, 0.25) is 0 Å². The van der Waals surface area contributed by atoms with Crippen molar-refractivity contribution in [2.45, 2.75) is 64.8 Å². The standard InChI is InChI=1S/C14H29NO/c1-13(2)9-11-15(10-5-6-12-16)14-7-3-4-8-14/h13-14,16H,3-12H2,1-2H3. The van der Waals surface area contributed by atoms with Gasteiger partial charge in [-0.15, -0.1) is 0 Å². The fourth-order valence-corrected chi connectivity index (χ4v) is 2.60. The topological polar surface area (TPSA) is 23.5 Å². The minimum Gasteiger partial charge on any atom is -0.396 e. The van der Waals surface area contributed by atoms with Crippen LogP contribution in [0.15, 0.2) is 0 Å². The number of rotatable bonds is 8. The van der Waals surface area contributed by atoms with Crippen LogP contribution in [-0.4, -0.2) is 35.7 Å². The summed E-state index contributed by atoms with van der Waals surface area (Å²) in [6.45, 7) is 7.41. The summed E-state index contributed by atoms with van der Waals surface area (Å²) in [4.78, 5) is 2.68. The van der Waals surface area contributed by atoms with Crippen LogP contribution in [-0.2, 0) is 0 Å². The SMILES string of the molecule is CC(C)CCN(CCCCO)C1CCCC1. The van der Waals surface area contributed by atoms with Crippen molar-refractivity contribution >= 4 is 0 Å². The Kier molecular flexibility index (Phi) is 7.06. The van der Waals surface area contributed by atoms with Crippen molar-refractivity contribution in [1.82, 2.24) is 4.90 Å². The zero-order chi connectivity index (χ0) is 11.8. The highest BCUT2D eigenvalue weighted by molar-refractivity contribution is 4.77. The van der Waals surface area contributed by atoms with Crippen LogP contribution in [0.3, 0.4) is 0 Å². The molecule has 0 unspecified atom stereocenters. The first kappa shape index (κ1) is 14.0. The Morgan fingerprint density at radius 2 is 1.81 bits per heavy atom. The molecule has 16 heavy (non-hydrogen) atoms. The van der Waals surface area contributed by atoms with Crippen molar-refractivity contribution < 1.29 is 5.11 Å². The average molecular weight is 227 g/mol. The van der Waals surface area contributed by atoms with Gasteiger partial charge in [0.25, 0.3) is 0 Å². The van der Waals surface area contributed by atoms with Gasteiger partial charge in [-0.3, -0.25) is 0 Å². The predicted octanol–water partition coefficient (Wildman–Crippen LogP) is 3.05. The monoisotopic (exact) mass is 227 g/mol. The third kappa shape index (κ3) is 5.31. The molecule has 0 radical (unpaired) electrons. The summed E-state index contributed by atoms with van der Waals surface area (Å²) < 4.78 is 0. The summed E-state index contributed by atoms with van der Waals surface area (Å²) in [5, 5.41) is 8.84. The van der Waals surface area contributed by atoms with Gasteiger partial charge in [0.1, 0.15) is 0 Å². The Labute approximate surface area is 101 Å². The van der Waals surface area contributed by atoms with E-state index in [4.69, 9.17) is 5.11 Å². The molecule has 0 saturated heterocycles. The van der Waals surface area contributed by atoms with Gasteiger partial charge in [0.05, 0.1) is 0 Å². The van der Waals surface area contributed by atoms with Crippen LogP contribution in [0.5, 0.6) is 0 Å². The Hall–Kier alpha value is -0.0800. The molecule has 96 valence electrons. The first-order valence-electron chi connectivity index (χ1n) is 7.09. The first-order chi connectivity index (χ1) is 7.74. The van der Waals surface area contributed by atoms with E-state index in [1.807, 2.05) is 0 Å². The summed E-state index contributed by atoms with van der Waals surface area (Å²) in [6.07, 6.45) is 9.08. The molecule has 1 rings (SSSR count). The molecule has 0 heterocycles. The van der Waals surface area contributed by atoms with E-state index < -0.39 is 0 Å². The van der Waals surface area contributed by atoms with Gasteiger partial charge in [0, 0.05) is 12.6 Å². The minimum absolute atomic E-state index is 0.350. The number of aliphatic hydroxyl groups excluding tert-OH is 1. The highest BCUT2D eigenvalue weighted by Gasteiger charge is 2.21. The maximum absolute atomic E-state index is 8.84. The van der Waals surface area contributed by atoms with E-state index in [0.29, 0.717) is 6.61 Å². The van der Waals surface area contributed by atoms with Crippen molar-refractivity contribution in [1.29, 1.82) is 0 Å². The van der Waals surface area contributed by atoms with Crippen LogP contribution in [0.4, 0.5) is 0 Å². The molecule has 0 aromatic rings. The van der Waals surface area contributed by atoms with E-state index in [9.17, 15) is 0 Å². The molecule has 1 N–H and O–H groups in total. The molecule has 1 fully saturated rings. The molecule has 2 heteroatoms. The Balaban J connectivity index is 2.28. The second-order valence-electron chi connectivity index (χ2n) is 5.59. The molecule has 0 amide bonds. The predicted molar refractivity (Wildman–Crippen MR) is 69.6 cm³/mol. The second-order valence-corrected chi connectivity index (χ2v) is 5.59. The number of nitrogens with zero attached hydrogens (tertiary/aromatic N) is 1. The van der Waals surface area contributed by atoms with Gasteiger partial charge < -0.3 is 10.0 Å². The molecule has 0 aromatic carbocycles. The van der Waals surface area contributed by atoms with E-state index in [1.165, 1.54) is 45.2 Å². The van der Waals surface area contributed by atoms with Gasteiger partial charge in [-0.1, -0.05) is 26.7 Å². The van der Waals surface area contributed by atoms with E-state index >= 15 is 0 Å². The molecule has 0 bridgehead atoms. The second kappa shape index (κ2) is 8.08. The number of hydrogen-bond donors (Lipinski definition) is 1. The lowest BCUT2D eigenvalue weighted by Crippen LogP contribution is -2.35. The molecule has 0 atom stereocenters. The van der Waals surface area contributed by atoms with E-state index in [2.05, 4.69) is 18.7 Å².